The highest BCUT2D eigenvalue weighted by atomic mass is 16.6. The third kappa shape index (κ3) is 3.18. The van der Waals surface area contributed by atoms with Crippen LogP contribution in [-0.4, -0.2) is 55.9 Å². The van der Waals surface area contributed by atoms with E-state index in [1.54, 1.807) is 0 Å². The molecule has 5 heteroatoms. The van der Waals surface area contributed by atoms with E-state index < -0.39 is 6.10 Å². The molecule has 2 rings (SSSR count). The van der Waals surface area contributed by atoms with Crippen LogP contribution in [0.3, 0.4) is 0 Å². The summed E-state index contributed by atoms with van der Waals surface area (Å²) < 4.78 is 10.7. The van der Waals surface area contributed by atoms with Gasteiger partial charge in [0.1, 0.15) is 0 Å². The summed E-state index contributed by atoms with van der Waals surface area (Å²) in [6, 6.07) is 0.224. The number of carbonyl (C=O) groups is 1. The topological polar surface area (TPSA) is 64.8 Å². The molecular formula is C12H22N2O3. The number of likely N-dealkylation sites (tertiary alicyclic amines) is 1. The van der Waals surface area contributed by atoms with Crippen LogP contribution in [0.15, 0.2) is 0 Å². The van der Waals surface area contributed by atoms with E-state index in [9.17, 15) is 4.79 Å². The summed E-state index contributed by atoms with van der Waals surface area (Å²) in [7, 11) is 0. The Balaban J connectivity index is 1.81. The first-order chi connectivity index (χ1) is 8.18. The highest BCUT2D eigenvalue weighted by Crippen LogP contribution is 2.20. The molecule has 0 bridgehead atoms. The Morgan fingerprint density at radius 3 is 2.59 bits per heavy atom. The zero-order valence-corrected chi connectivity index (χ0v) is 10.4. The molecule has 0 aromatic heterocycles. The molecule has 2 N–H and O–H groups in total. The quantitative estimate of drug-likeness (QED) is 0.739. The molecule has 0 spiro atoms. The van der Waals surface area contributed by atoms with E-state index in [0.717, 1.165) is 25.9 Å². The van der Waals surface area contributed by atoms with E-state index in [2.05, 4.69) is 0 Å². The zero-order chi connectivity index (χ0) is 12.3. The Morgan fingerprint density at radius 1 is 1.35 bits per heavy atom. The summed E-state index contributed by atoms with van der Waals surface area (Å²) in [6.07, 6.45) is 1.60. The van der Waals surface area contributed by atoms with Crippen molar-refractivity contribution in [3.05, 3.63) is 0 Å². The van der Waals surface area contributed by atoms with Crippen LogP contribution in [-0.2, 0) is 14.3 Å². The molecule has 5 nitrogen and oxygen atoms in total. The normalized spacial score (nSPS) is 29.1. The second kappa shape index (κ2) is 5.80. The summed E-state index contributed by atoms with van der Waals surface area (Å²) in [5.41, 5.74) is 5.88. The molecule has 0 saturated carbocycles. The lowest BCUT2D eigenvalue weighted by Gasteiger charge is -2.36. The maximum Gasteiger partial charge on any atom is 0.254 e. The van der Waals surface area contributed by atoms with Gasteiger partial charge in [-0.15, -0.1) is 0 Å². The fraction of sp³-hybridized carbons (Fsp3) is 0.917. The van der Waals surface area contributed by atoms with E-state index in [4.69, 9.17) is 15.2 Å². The van der Waals surface area contributed by atoms with Gasteiger partial charge in [-0.25, -0.2) is 0 Å². The molecule has 0 aromatic rings. The van der Waals surface area contributed by atoms with Gasteiger partial charge in [-0.3, -0.25) is 4.79 Å². The van der Waals surface area contributed by atoms with Gasteiger partial charge in [0.25, 0.3) is 5.91 Å². The van der Waals surface area contributed by atoms with Crippen LogP contribution in [0.1, 0.15) is 19.8 Å². The minimum Gasteiger partial charge on any atom is -0.376 e. The van der Waals surface area contributed by atoms with Crippen molar-refractivity contribution in [3.8, 4) is 0 Å². The van der Waals surface area contributed by atoms with Gasteiger partial charge in [0.15, 0.2) is 6.10 Å². The standard InChI is InChI=1S/C12H22N2O3/c1-9(13)10-2-4-14(5-3-10)12(15)11-8-16-6-7-17-11/h9-11H,2-8,13H2,1H3. The molecule has 2 heterocycles. The molecule has 2 saturated heterocycles. The third-order valence-electron chi connectivity index (χ3n) is 3.69. The van der Waals surface area contributed by atoms with Crippen molar-refractivity contribution in [1.82, 2.24) is 4.90 Å². The number of amides is 1. The van der Waals surface area contributed by atoms with Gasteiger partial charge < -0.3 is 20.1 Å². The number of piperidine rings is 1. The molecule has 0 aliphatic carbocycles. The Morgan fingerprint density at radius 2 is 2.06 bits per heavy atom. The summed E-state index contributed by atoms with van der Waals surface area (Å²) in [5, 5.41) is 0. The van der Waals surface area contributed by atoms with Gasteiger partial charge in [-0.05, 0) is 25.7 Å². The fourth-order valence-electron chi connectivity index (χ4n) is 2.48. The average Bonchev–Trinajstić information content (AvgIpc) is 2.39. The predicted octanol–water partition coefficient (Wildman–Crippen LogP) is -0.0124. The van der Waals surface area contributed by atoms with Crippen molar-refractivity contribution in [1.29, 1.82) is 0 Å². The molecule has 98 valence electrons. The van der Waals surface area contributed by atoms with Crippen LogP contribution in [0.25, 0.3) is 0 Å². The average molecular weight is 242 g/mol. The number of hydrogen-bond donors (Lipinski definition) is 1. The van der Waals surface area contributed by atoms with Crippen molar-refractivity contribution in [2.45, 2.75) is 31.9 Å². The third-order valence-corrected chi connectivity index (χ3v) is 3.69. The Hall–Kier alpha value is -0.650. The van der Waals surface area contributed by atoms with Crippen LogP contribution in [0.2, 0.25) is 0 Å². The van der Waals surface area contributed by atoms with E-state index in [1.807, 2.05) is 11.8 Å². The lowest BCUT2D eigenvalue weighted by molar-refractivity contribution is -0.159. The molecule has 2 aliphatic rings. The molecule has 2 fully saturated rings. The van der Waals surface area contributed by atoms with E-state index in [-0.39, 0.29) is 11.9 Å². The van der Waals surface area contributed by atoms with E-state index in [1.165, 1.54) is 0 Å². The first-order valence-electron chi connectivity index (χ1n) is 6.42. The lowest BCUT2D eigenvalue weighted by Crippen LogP contribution is -2.49. The van der Waals surface area contributed by atoms with Gasteiger partial charge in [-0.2, -0.15) is 0 Å². The largest absolute Gasteiger partial charge is 0.376 e. The SMILES string of the molecule is CC(N)C1CCN(C(=O)C2COCCO2)CC1. The minimum absolute atomic E-state index is 0.0767. The number of ether oxygens (including phenoxy) is 2. The molecule has 2 unspecified atom stereocenters. The number of nitrogens with zero attached hydrogens (tertiary/aromatic N) is 1. The lowest BCUT2D eigenvalue weighted by atomic mass is 9.91. The van der Waals surface area contributed by atoms with Gasteiger partial charge in [0.05, 0.1) is 19.8 Å². The zero-order valence-electron chi connectivity index (χ0n) is 10.4. The van der Waals surface area contributed by atoms with Gasteiger partial charge >= 0.3 is 0 Å². The highest BCUT2D eigenvalue weighted by molar-refractivity contribution is 5.81. The summed E-state index contributed by atoms with van der Waals surface area (Å²) in [6.45, 7) is 5.14. The predicted molar refractivity (Wildman–Crippen MR) is 63.5 cm³/mol. The molecule has 17 heavy (non-hydrogen) atoms. The monoisotopic (exact) mass is 242 g/mol. The second-order valence-electron chi connectivity index (χ2n) is 4.96. The summed E-state index contributed by atoms with van der Waals surface area (Å²) >= 11 is 0. The Bertz CT molecular complexity index is 256. The van der Waals surface area contributed by atoms with Crippen molar-refractivity contribution < 1.29 is 14.3 Å². The van der Waals surface area contributed by atoms with Crippen molar-refractivity contribution in [2.75, 3.05) is 32.9 Å². The Labute approximate surface area is 102 Å². The van der Waals surface area contributed by atoms with Gasteiger partial charge in [0.2, 0.25) is 0 Å². The van der Waals surface area contributed by atoms with E-state index in [0.29, 0.717) is 25.7 Å². The van der Waals surface area contributed by atoms with Gasteiger partial charge in [0, 0.05) is 19.1 Å². The van der Waals surface area contributed by atoms with Crippen LogP contribution in [0, 0.1) is 5.92 Å². The second-order valence-corrected chi connectivity index (χ2v) is 4.96. The van der Waals surface area contributed by atoms with Crippen molar-refractivity contribution in [3.63, 3.8) is 0 Å². The Kier molecular flexibility index (Phi) is 4.36. The minimum atomic E-state index is -0.393. The number of rotatable bonds is 2. The molecular weight excluding hydrogens is 220 g/mol. The summed E-state index contributed by atoms with van der Waals surface area (Å²) in [5.74, 6) is 0.621. The maximum absolute atomic E-state index is 12.1. The van der Waals surface area contributed by atoms with E-state index >= 15 is 0 Å². The maximum atomic E-state index is 12.1. The smallest absolute Gasteiger partial charge is 0.254 e. The van der Waals surface area contributed by atoms with Gasteiger partial charge in [-0.1, -0.05) is 0 Å². The highest BCUT2D eigenvalue weighted by Gasteiger charge is 2.31. The molecule has 2 aliphatic heterocycles. The van der Waals surface area contributed by atoms with Crippen LogP contribution >= 0.6 is 0 Å². The summed E-state index contributed by atoms with van der Waals surface area (Å²) in [4.78, 5) is 14.0. The molecule has 2 atom stereocenters. The van der Waals surface area contributed by atoms with Crippen LogP contribution in [0.4, 0.5) is 0 Å². The molecule has 0 radical (unpaired) electrons. The number of carbonyl (C=O) groups excluding carboxylic acids is 1. The molecule has 1 amide bonds. The molecule has 0 aromatic carbocycles. The van der Waals surface area contributed by atoms with Crippen molar-refractivity contribution >= 4 is 5.91 Å². The van der Waals surface area contributed by atoms with Crippen LogP contribution < -0.4 is 5.73 Å². The first kappa shape index (κ1) is 12.8. The fourth-order valence-corrected chi connectivity index (χ4v) is 2.48. The van der Waals surface area contributed by atoms with Crippen LogP contribution in [0.5, 0.6) is 0 Å². The van der Waals surface area contributed by atoms with Crippen molar-refractivity contribution in [2.24, 2.45) is 11.7 Å². The number of hydrogen-bond acceptors (Lipinski definition) is 4. The first-order valence-corrected chi connectivity index (χ1v) is 6.42. The number of nitrogens with two attached hydrogens (primary N) is 1.